The van der Waals surface area contributed by atoms with Crippen molar-refractivity contribution >= 4 is 23.6 Å². The van der Waals surface area contributed by atoms with E-state index in [9.17, 15) is 9.59 Å². The Morgan fingerprint density at radius 2 is 2.21 bits per heavy atom. The molecule has 0 radical (unpaired) electrons. The molecule has 1 saturated heterocycles. The first-order valence-corrected chi connectivity index (χ1v) is 5.57. The zero-order chi connectivity index (χ0) is 10.4. The number of amides is 2. The number of ether oxygens (including phenoxy) is 1. The highest BCUT2D eigenvalue weighted by molar-refractivity contribution is 7.99. The van der Waals surface area contributed by atoms with E-state index in [-0.39, 0.29) is 23.6 Å². The third-order valence-electron chi connectivity index (χ3n) is 1.72. The number of carbonyl (C=O) groups excluding carboxylic acids is 2. The van der Waals surface area contributed by atoms with Crippen molar-refractivity contribution in [1.82, 2.24) is 5.32 Å². The average Bonchev–Trinajstić information content (AvgIpc) is 2.05. The molecule has 80 valence electrons. The Balaban J connectivity index is 1.94. The normalized spacial score (nSPS) is 16.0. The summed E-state index contributed by atoms with van der Waals surface area (Å²) in [4.78, 5) is 21.6. The first-order chi connectivity index (χ1) is 6.68. The van der Waals surface area contributed by atoms with E-state index >= 15 is 0 Å². The van der Waals surface area contributed by atoms with E-state index in [2.05, 4.69) is 5.32 Å². The SMILES string of the molecule is NC(=O)CSCCC(=O)NC1COC1. The van der Waals surface area contributed by atoms with Gasteiger partial charge >= 0.3 is 0 Å². The molecule has 0 bridgehead atoms. The first-order valence-electron chi connectivity index (χ1n) is 4.41. The van der Waals surface area contributed by atoms with Crippen LogP contribution in [0, 0.1) is 0 Å². The van der Waals surface area contributed by atoms with Gasteiger partial charge in [-0.2, -0.15) is 11.8 Å². The molecule has 1 aliphatic heterocycles. The monoisotopic (exact) mass is 218 g/mol. The molecule has 0 aliphatic carbocycles. The summed E-state index contributed by atoms with van der Waals surface area (Å²) in [7, 11) is 0. The standard InChI is InChI=1S/C8H14N2O3S/c9-7(11)5-14-2-1-8(12)10-6-3-13-4-6/h6H,1-5H2,(H2,9,11)(H,10,12). The van der Waals surface area contributed by atoms with Crippen molar-refractivity contribution in [2.75, 3.05) is 24.7 Å². The molecule has 2 amide bonds. The summed E-state index contributed by atoms with van der Waals surface area (Å²) in [6.07, 6.45) is 0.425. The van der Waals surface area contributed by atoms with Crippen LogP contribution in [0.2, 0.25) is 0 Å². The average molecular weight is 218 g/mol. The topological polar surface area (TPSA) is 81.4 Å². The van der Waals surface area contributed by atoms with Crippen LogP contribution in [0.4, 0.5) is 0 Å². The highest BCUT2D eigenvalue weighted by Crippen LogP contribution is 2.03. The molecule has 0 atom stereocenters. The summed E-state index contributed by atoms with van der Waals surface area (Å²) in [5, 5.41) is 2.81. The minimum atomic E-state index is -0.345. The lowest BCUT2D eigenvalue weighted by Crippen LogP contribution is -2.48. The summed E-state index contributed by atoms with van der Waals surface area (Å²) < 4.78 is 4.91. The summed E-state index contributed by atoms with van der Waals surface area (Å²) >= 11 is 1.38. The van der Waals surface area contributed by atoms with Crippen LogP contribution in [-0.4, -0.2) is 42.6 Å². The van der Waals surface area contributed by atoms with E-state index in [4.69, 9.17) is 10.5 Å². The molecule has 1 fully saturated rings. The van der Waals surface area contributed by atoms with Gasteiger partial charge in [-0.15, -0.1) is 0 Å². The number of hydrogen-bond donors (Lipinski definition) is 2. The molecule has 0 aromatic heterocycles. The molecule has 1 heterocycles. The number of hydrogen-bond acceptors (Lipinski definition) is 4. The molecule has 0 unspecified atom stereocenters. The molecule has 1 aliphatic rings. The maximum absolute atomic E-state index is 11.2. The maximum Gasteiger partial charge on any atom is 0.227 e. The Morgan fingerprint density at radius 3 is 2.71 bits per heavy atom. The van der Waals surface area contributed by atoms with Gasteiger partial charge < -0.3 is 15.8 Å². The second-order valence-corrected chi connectivity index (χ2v) is 4.18. The quantitative estimate of drug-likeness (QED) is 0.567. The Bertz CT molecular complexity index is 219. The smallest absolute Gasteiger partial charge is 0.227 e. The van der Waals surface area contributed by atoms with Crippen LogP contribution in [0.15, 0.2) is 0 Å². The second kappa shape index (κ2) is 5.87. The minimum Gasteiger partial charge on any atom is -0.377 e. The van der Waals surface area contributed by atoms with Gasteiger partial charge in [0.15, 0.2) is 0 Å². The Hall–Kier alpha value is -0.750. The summed E-state index contributed by atoms with van der Waals surface area (Å²) in [6.45, 7) is 1.22. The molecule has 0 aromatic carbocycles. The highest BCUT2D eigenvalue weighted by Gasteiger charge is 2.19. The minimum absolute atomic E-state index is 0.00951. The fourth-order valence-electron chi connectivity index (χ4n) is 0.957. The van der Waals surface area contributed by atoms with Crippen LogP contribution in [-0.2, 0) is 14.3 Å². The molecular formula is C8H14N2O3S. The van der Waals surface area contributed by atoms with Gasteiger partial charge in [0.2, 0.25) is 11.8 Å². The molecular weight excluding hydrogens is 204 g/mol. The van der Waals surface area contributed by atoms with Gasteiger partial charge in [-0.05, 0) is 0 Å². The van der Waals surface area contributed by atoms with Gasteiger partial charge in [-0.25, -0.2) is 0 Å². The Labute approximate surface area is 86.7 Å². The van der Waals surface area contributed by atoms with Crippen LogP contribution in [0.3, 0.4) is 0 Å². The number of primary amides is 1. The van der Waals surface area contributed by atoms with E-state index in [1.54, 1.807) is 0 Å². The van der Waals surface area contributed by atoms with E-state index < -0.39 is 0 Å². The predicted molar refractivity (Wildman–Crippen MR) is 53.9 cm³/mol. The van der Waals surface area contributed by atoms with Gasteiger partial charge in [-0.1, -0.05) is 0 Å². The second-order valence-electron chi connectivity index (χ2n) is 3.07. The number of carbonyl (C=O) groups is 2. The number of nitrogens with one attached hydrogen (secondary N) is 1. The molecule has 6 heteroatoms. The van der Waals surface area contributed by atoms with Gasteiger partial charge in [0.1, 0.15) is 0 Å². The van der Waals surface area contributed by atoms with Crippen LogP contribution < -0.4 is 11.1 Å². The lowest BCUT2D eigenvalue weighted by atomic mass is 10.2. The zero-order valence-corrected chi connectivity index (χ0v) is 8.64. The van der Waals surface area contributed by atoms with Crippen molar-refractivity contribution in [3.8, 4) is 0 Å². The van der Waals surface area contributed by atoms with Gasteiger partial charge in [0.05, 0.1) is 25.0 Å². The summed E-state index contributed by atoms with van der Waals surface area (Å²) in [5.74, 6) is 0.570. The molecule has 0 aromatic rings. The fourth-order valence-corrected chi connectivity index (χ4v) is 1.63. The van der Waals surface area contributed by atoms with E-state index in [0.717, 1.165) is 0 Å². The van der Waals surface area contributed by atoms with Gasteiger partial charge in [0, 0.05) is 12.2 Å². The van der Waals surface area contributed by atoms with E-state index in [1.165, 1.54) is 11.8 Å². The van der Waals surface area contributed by atoms with Crippen LogP contribution in [0.5, 0.6) is 0 Å². The molecule has 14 heavy (non-hydrogen) atoms. The summed E-state index contributed by atoms with van der Waals surface area (Å²) in [6, 6.07) is 0.184. The fraction of sp³-hybridized carbons (Fsp3) is 0.750. The molecule has 3 N–H and O–H groups in total. The van der Waals surface area contributed by atoms with E-state index in [1.807, 2.05) is 0 Å². The Kier molecular flexibility index (Phi) is 4.75. The lowest BCUT2D eigenvalue weighted by Gasteiger charge is -2.26. The zero-order valence-electron chi connectivity index (χ0n) is 7.82. The van der Waals surface area contributed by atoms with Crippen LogP contribution in [0.25, 0.3) is 0 Å². The summed E-state index contributed by atoms with van der Waals surface area (Å²) in [5.41, 5.74) is 4.94. The lowest BCUT2D eigenvalue weighted by molar-refractivity contribution is -0.124. The van der Waals surface area contributed by atoms with Gasteiger partial charge in [0.25, 0.3) is 0 Å². The van der Waals surface area contributed by atoms with Crippen LogP contribution >= 0.6 is 11.8 Å². The molecule has 5 nitrogen and oxygen atoms in total. The Morgan fingerprint density at radius 1 is 1.50 bits per heavy atom. The van der Waals surface area contributed by atoms with Crippen molar-refractivity contribution in [1.29, 1.82) is 0 Å². The van der Waals surface area contributed by atoms with Crippen molar-refractivity contribution in [3.05, 3.63) is 0 Å². The third-order valence-corrected chi connectivity index (χ3v) is 2.70. The predicted octanol–water partition coefficient (Wildman–Crippen LogP) is -0.890. The highest BCUT2D eigenvalue weighted by atomic mass is 32.2. The van der Waals surface area contributed by atoms with Crippen LogP contribution in [0.1, 0.15) is 6.42 Å². The number of nitrogens with two attached hydrogens (primary N) is 1. The molecule has 0 spiro atoms. The largest absolute Gasteiger partial charge is 0.377 e. The van der Waals surface area contributed by atoms with Crippen molar-refractivity contribution in [2.24, 2.45) is 5.73 Å². The number of thioether (sulfide) groups is 1. The van der Waals surface area contributed by atoms with Crippen molar-refractivity contribution in [2.45, 2.75) is 12.5 Å². The number of rotatable bonds is 6. The molecule has 0 saturated carbocycles. The van der Waals surface area contributed by atoms with E-state index in [0.29, 0.717) is 25.4 Å². The third kappa shape index (κ3) is 4.48. The van der Waals surface area contributed by atoms with Crippen molar-refractivity contribution < 1.29 is 14.3 Å². The van der Waals surface area contributed by atoms with Crippen molar-refractivity contribution in [3.63, 3.8) is 0 Å². The maximum atomic E-state index is 11.2. The van der Waals surface area contributed by atoms with Gasteiger partial charge in [-0.3, -0.25) is 9.59 Å². The first kappa shape index (κ1) is 11.3. The molecule has 1 rings (SSSR count).